The van der Waals surface area contributed by atoms with E-state index in [-0.39, 0.29) is 31.8 Å². The zero-order valence-corrected chi connectivity index (χ0v) is 28.8. The van der Waals surface area contributed by atoms with Crippen LogP contribution < -0.4 is 0 Å². The van der Waals surface area contributed by atoms with E-state index >= 15 is 0 Å². The summed E-state index contributed by atoms with van der Waals surface area (Å²) in [7, 11) is 9.13. The van der Waals surface area contributed by atoms with Crippen molar-refractivity contribution in [1.82, 2.24) is 0 Å². The quantitative estimate of drug-likeness (QED) is 0.145. The van der Waals surface area contributed by atoms with E-state index in [2.05, 4.69) is 96.9 Å². The van der Waals surface area contributed by atoms with Crippen molar-refractivity contribution in [3.63, 3.8) is 0 Å². The maximum atomic E-state index is 4.81. The molecule has 0 heterocycles. The Morgan fingerprint density at radius 2 is 0.677 bits per heavy atom. The van der Waals surface area contributed by atoms with Gasteiger partial charge in [-0.3, -0.25) is 0 Å². The molecule has 0 atom stereocenters. The predicted molar refractivity (Wildman–Crippen MR) is 156 cm³/mol. The first-order valence-electron chi connectivity index (χ1n) is 12.4. The molecule has 0 aromatic rings. The van der Waals surface area contributed by atoms with E-state index < -0.39 is 0 Å². The van der Waals surface area contributed by atoms with Gasteiger partial charge in [-0.15, -0.1) is 0 Å². The molecule has 0 nitrogen and oxygen atoms in total. The summed E-state index contributed by atoms with van der Waals surface area (Å²) < 4.78 is 0. The van der Waals surface area contributed by atoms with Crippen molar-refractivity contribution in [2.24, 2.45) is 0 Å². The Morgan fingerprint density at radius 3 is 0.806 bits per heavy atom. The van der Waals surface area contributed by atoms with Crippen molar-refractivity contribution in [3.05, 3.63) is 0 Å². The summed E-state index contributed by atoms with van der Waals surface area (Å²) in [5, 5.41) is 2.21. The summed E-state index contributed by atoms with van der Waals surface area (Å²) in [6.07, 6.45) is 11.4. The number of hydrogen-bond acceptors (Lipinski definition) is 0. The Labute approximate surface area is 218 Å². The maximum absolute atomic E-state index is 4.81. The SMILES string of the molecule is CCCCC[PH+](C(C)(C)C)C(C)(C)C.CCCCC[PH+](C(C)(C)C)C(C)(C)C.[Cl][Pd][Cl]. The molecule has 0 aliphatic heterocycles. The fraction of sp³-hybridized carbons (Fsp3) is 1.00. The van der Waals surface area contributed by atoms with Gasteiger partial charge in [0.2, 0.25) is 0 Å². The fourth-order valence-corrected chi connectivity index (χ4v) is 13.6. The zero-order valence-electron chi connectivity index (χ0n) is 23.7. The van der Waals surface area contributed by atoms with Crippen LogP contribution in [-0.4, -0.2) is 32.9 Å². The third kappa shape index (κ3) is 22.3. The Balaban J connectivity index is -0.000000448. The molecule has 0 spiro atoms. The van der Waals surface area contributed by atoms with Crippen LogP contribution in [0.25, 0.3) is 0 Å². The van der Waals surface area contributed by atoms with Gasteiger partial charge < -0.3 is 0 Å². The van der Waals surface area contributed by atoms with Crippen molar-refractivity contribution >= 4 is 34.9 Å². The average Bonchev–Trinajstić information content (AvgIpc) is 2.52. The Kier molecular flexibility index (Phi) is 22.3. The molecule has 0 aliphatic carbocycles. The van der Waals surface area contributed by atoms with Crippen molar-refractivity contribution in [2.75, 3.05) is 12.3 Å². The van der Waals surface area contributed by atoms with Crippen LogP contribution in [0, 0.1) is 0 Å². The van der Waals surface area contributed by atoms with Gasteiger partial charge in [0.15, 0.2) is 0 Å². The van der Waals surface area contributed by atoms with Crippen LogP contribution >= 0.6 is 34.9 Å². The van der Waals surface area contributed by atoms with Gasteiger partial charge in [-0.2, -0.15) is 0 Å². The van der Waals surface area contributed by atoms with Gasteiger partial charge in [0.25, 0.3) is 0 Å². The standard InChI is InChI=1S/2C13H29P.2ClH.Pd/c2*1-8-9-10-11-14(12(2,3)4)13(5,6)7;;;/h2*8-11H2,1-7H3;2*1H;/q;;;;+2. The van der Waals surface area contributed by atoms with E-state index in [1.165, 1.54) is 50.8 Å². The summed E-state index contributed by atoms with van der Waals surface area (Å²) in [4.78, 5) is 0. The number of halogens is 2. The molecule has 0 aromatic carbocycles. The van der Waals surface area contributed by atoms with Crippen LogP contribution in [-0.2, 0) is 15.9 Å². The normalized spacial score (nSPS) is 13.1. The topological polar surface area (TPSA) is 0 Å². The molecule has 0 bridgehead atoms. The summed E-state index contributed by atoms with van der Waals surface area (Å²) >= 11 is -0.106. The summed E-state index contributed by atoms with van der Waals surface area (Å²) in [5.74, 6) is 0. The molecular formula is C26H60Cl2P2Pd+2. The Morgan fingerprint density at radius 1 is 0.484 bits per heavy atom. The minimum atomic E-state index is -0.248. The molecule has 0 N–H and O–H groups in total. The van der Waals surface area contributed by atoms with Crippen LogP contribution in [0.1, 0.15) is 135 Å². The van der Waals surface area contributed by atoms with E-state index in [1.54, 1.807) is 0 Å². The first-order chi connectivity index (χ1) is 13.8. The molecule has 31 heavy (non-hydrogen) atoms. The monoisotopic (exact) mass is 610 g/mol. The molecule has 0 radical (unpaired) electrons. The molecule has 0 unspecified atom stereocenters. The molecule has 0 fully saturated rings. The van der Waals surface area contributed by atoms with Crippen molar-refractivity contribution in [3.8, 4) is 0 Å². The van der Waals surface area contributed by atoms with E-state index in [1.807, 2.05) is 0 Å². The predicted octanol–water partition coefficient (Wildman–Crippen LogP) is 11.4. The van der Waals surface area contributed by atoms with Crippen molar-refractivity contribution in [1.29, 1.82) is 0 Å². The van der Waals surface area contributed by atoms with Gasteiger partial charge in [0.05, 0.1) is 32.9 Å². The first-order valence-corrected chi connectivity index (χ1v) is 19.8. The van der Waals surface area contributed by atoms with E-state index in [0.29, 0.717) is 20.6 Å². The summed E-state index contributed by atoms with van der Waals surface area (Å²) in [6, 6.07) is 0. The van der Waals surface area contributed by atoms with Crippen molar-refractivity contribution < 1.29 is 15.9 Å². The van der Waals surface area contributed by atoms with Crippen LogP contribution in [0.4, 0.5) is 0 Å². The third-order valence-electron chi connectivity index (χ3n) is 5.68. The molecule has 196 valence electrons. The minimum absolute atomic E-state index is 0.106. The van der Waals surface area contributed by atoms with Gasteiger partial charge in [0.1, 0.15) is 0 Å². The second-order valence-electron chi connectivity index (χ2n) is 12.9. The van der Waals surface area contributed by atoms with Crippen LogP contribution in [0.5, 0.6) is 0 Å². The van der Waals surface area contributed by atoms with E-state index in [9.17, 15) is 0 Å². The first kappa shape index (κ1) is 37.6. The summed E-state index contributed by atoms with van der Waals surface area (Å²) in [5.41, 5.74) is 0. The Bertz CT molecular complexity index is 336. The fourth-order valence-electron chi connectivity index (χ4n) is 4.85. The second-order valence-corrected chi connectivity index (χ2v) is 24.2. The molecule has 0 saturated carbocycles. The van der Waals surface area contributed by atoms with Crippen LogP contribution in [0.2, 0.25) is 0 Å². The molecular weight excluding hydrogens is 552 g/mol. The number of hydrogen-bond donors (Lipinski definition) is 0. The molecule has 0 saturated heterocycles. The molecule has 0 amide bonds. The van der Waals surface area contributed by atoms with Gasteiger partial charge in [-0.25, -0.2) is 0 Å². The van der Waals surface area contributed by atoms with Gasteiger partial charge in [-0.1, -0.05) is 39.5 Å². The number of unbranched alkanes of at least 4 members (excludes halogenated alkanes) is 4. The van der Waals surface area contributed by atoms with E-state index in [4.69, 9.17) is 19.1 Å². The molecule has 5 heteroatoms. The zero-order chi connectivity index (χ0) is 25.5. The average molecular weight is 612 g/mol. The molecule has 0 aliphatic rings. The van der Waals surface area contributed by atoms with Crippen LogP contribution in [0.15, 0.2) is 0 Å². The van der Waals surface area contributed by atoms with Crippen molar-refractivity contribution in [2.45, 2.75) is 156 Å². The number of rotatable bonds is 8. The second kappa shape index (κ2) is 18.4. The molecule has 0 aromatic heterocycles. The van der Waals surface area contributed by atoms with Gasteiger partial charge in [-0.05, 0) is 95.9 Å². The third-order valence-corrected chi connectivity index (χ3v) is 14.6. The van der Waals surface area contributed by atoms with Gasteiger partial charge in [0, 0.05) is 15.8 Å². The van der Waals surface area contributed by atoms with E-state index in [0.717, 1.165) is 0 Å². The molecule has 0 rings (SSSR count). The van der Waals surface area contributed by atoms with Gasteiger partial charge >= 0.3 is 35.0 Å². The Hall–Kier alpha value is 2.10. The van der Waals surface area contributed by atoms with Crippen LogP contribution in [0.3, 0.4) is 0 Å². The summed E-state index contributed by atoms with van der Waals surface area (Å²) in [6.45, 7) is 33.7.